The maximum absolute atomic E-state index is 12.6. The maximum atomic E-state index is 12.6. The first-order valence-electron chi connectivity index (χ1n) is 8.48. The lowest BCUT2D eigenvalue weighted by atomic mass is 10.1. The lowest BCUT2D eigenvalue weighted by molar-refractivity contribution is -0.115. The largest absolute Gasteiger partial charge is 0.325 e. The van der Waals surface area contributed by atoms with Crippen molar-refractivity contribution in [1.29, 1.82) is 0 Å². The van der Waals surface area contributed by atoms with Gasteiger partial charge in [0, 0.05) is 10.6 Å². The first-order valence-corrected chi connectivity index (χ1v) is 9.36. The second-order valence-corrected chi connectivity index (χ2v) is 7.95. The molecule has 1 N–H and O–H groups in total. The van der Waals surface area contributed by atoms with Crippen molar-refractivity contribution in [2.75, 3.05) is 5.32 Å². The average molecular weight is 349 g/mol. The molecule has 3 aromatic rings. The Morgan fingerprint density at radius 2 is 1.56 bits per heavy atom. The number of carbonyl (C=O) groups excluding carboxylic acids is 1. The van der Waals surface area contributed by atoms with E-state index in [4.69, 9.17) is 0 Å². The van der Waals surface area contributed by atoms with Crippen molar-refractivity contribution in [3.05, 3.63) is 71.3 Å². The van der Waals surface area contributed by atoms with E-state index in [2.05, 4.69) is 54.7 Å². The fourth-order valence-electron chi connectivity index (χ4n) is 3.10. The number of hydrogen-bond acceptors (Lipinski definition) is 2. The summed E-state index contributed by atoms with van der Waals surface area (Å²) in [5.74, 6) is 0.0354. The summed E-state index contributed by atoms with van der Waals surface area (Å²) in [6.07, 6.45) is 0. The highest BCUT2D eigenvalue weighted by molar-refractivity contribution is 8.00. The monoisotopic (exact) mass is 349 g/mol. The van der Waals surface area contributed by atoms with Gasteiger partial charge in [0.25, 0.3) is 0 Å². The number of thioether (sulfide) groups is 1. The first kappa shape index (κ1) is 17.6. The minimum Gasteiger partial charge on any atom is -0.325 e. The smallest absolute Gasteiger partial charge is 0.237 e. The molecule has 0 aliphatic heterocycles. The summed E-state index contributed by atoms with van der Waals surface area (Å²) in [6, 6.07) is 18.8. The van der Waals surface area contributed by atoms with E-state index in [1.54, 1.807) is 11.8 Å². The summed E-state index contributed by atoms with van der Waals surface area (Å²) < 4.78 is 0. The molecule has 1 amide bonds. The lowest BCUT2D eigenvalue weighted by Crippen LogP contribution is -2.23. The van der Waals surface area contributed by atoms with Crippen LogP contribution in [0.15, 0.2) is 59.5 Å². The molecule has 0 saturated carbocycles. The molecule has 2 nitrogen and oxygen atoms in total. The van der Waals surface area contributed by atoms with E-state index in [1.165, 1.54) is 16.3 Å². The third-order valence-electron chi connectivity index (χ3n) is 4.33. The van der Waals surface area contributed by atoms with Gasteiger partial charge in [-0.3, -0.25) is 4.79 Å². The molecule has 0 bridgehead atoms. The van der Waals surface area contributed by atoms with Gasteiger partial charge in [0.1, 0.15) is 0 Å². The van der Waals surface area contributed by atoms with Gasteiger partial charge >= 0.3 is 0 Å². The molecule has 128 valence electrons. The van der Waals surface area contributed by atoms with Crippen LogP contribution in [0.25, 0.3) is 10.8 Å². The normalized spacial score (nSPS) is 12.2. The highest BCUT2D eigenvalue weighted by Crippen LogP contribution is 2.29. The topological polar surface area (TPSA) is 29.1 Å². The van der Waals surface area contributed by atoms with Crippen LogP contribution in [0.3, 0.4) is 0 Å². The Kier molecular flexibility index (Phi) is 5.14. The molecule has 3 aromatic carbocycles. The maximum Gasteiger partial charge on any atom is 0.237 e. The predicted molar refractivity (Wildman–Crippen MR) is 109 cm³/mol. The van der Waals surface area contributed by atoms with Crippen LogP contribution < -0.4 is 5.32 Å². The van der Waals surface area contributed by atoms with Crippen LogP contribution in [0.2, 0.25) is 0 Å². The number of hydrogen-bond donors (Lipinski definition) is 1. The molecule has 3 heteroatoms. The Labute approximate surface area is 153 Å². The van der Waals surface area contributed by atoms with Crippen molar-refractivity contribution in [1.82, 2.24) is 0 Å². The number of anilines is 1. The van der Waals surface area contributed by atoms with Crippen molar-refractivity contribution >= 4 is 34.1 Å². The number of nitrogens with one attached hydrogen (secondary N) is 1. The zero-order valence-electron chi connectivity index (χ0n) is 15.1. The summed E-state index contributed by atoms with van der Waals surface area (Å²) in [5.41, 5.74) is 4.36. The number of carbonyl (C=O) groups is 1. The minimum atomic E-state index is -0.165. The van der Waals surface area contributed by atoms with Crippen molar-refractivity contribution in [3.8, 4) is 0 Å². The molecule has 3 rings (SSSR count). The molecule has 0 heterocycles. The van der Waals surface area contributed by atoms with Crippen LogP contribution in [0.4, 0.5) is 5.69 Å². The number of aryl methyl sites for hydroxylation is 3. The van der Waals surface area contributed by atoms with Crippen molar-refractivity contribution < 1.29 is 4.79 Å². The van der Waals surface area contributed by atoms with Crippen LogP contribution in [0.5, 0.6) is 0 Å². The lowest BCUT2D eigenvalue weighted by Gasteiger charge is -2.16. The van der Waals surface area contributed by atoms with Crippen LogP contribution in [0.1, 0.15) is 23.6 Å². The standard InChI is InChI=1S/C22H23NOS/c1-14-11-15(2)21(16(3)12-14)23-22(24)17(4)25-20-10-9-18-7-5-6-8-19(18)13-20/h5-13,17H,1-4H3,(H,23,24)/t17-/m0/s1. The van der Waals surface area contributed by atoms with Crippen LogP contribution in [-0.2, 0) is 4.79 Å². The Hall–Kier alpha value is -2.26. The number of fused-ring (bicyclic) bond motifs is 1. The molecule has 0 spiro atoms. The van der Waals surface area contributed by atoms with E-state index in [0.29, 0.717) is 0 Å². The molecular weight excluding hydrogens is 326 g/mol. The molecule has 0 saturated heterocycles. The third-order valence-corrected chi connectivity index (χ3v) is 5.42. The molecule has 0 aliphatic rings. The van der Waals surface area contributed by atoms with Gasteiger partial charge in [-0.1, -0.05) is 48.0 Å². The summed E-state index contributed by atoms with van der Waals surface area (Å²) >= 11 is 1.59. The van der Waals surface area contributed by atoms with Crippen LogP contribution >= 0.6 is 11.8 Å². The molecule has 1 atom stereocenters. The van der Waals surface area contributed by atoms with E-state index in [0.717, 1.165) is 21.7 Å². The van der Waals surface area contributed by atoms with E-state index in [1.807, 2.05) is 32.9 Å². The average Bonchev–Trinajstić information content (AvgIpc) is 2.57. The van der Waals surface area contributed by atoms with Crippen molar-refractivity contribution in [2.24, 2.45) is 0 Å². The molecule has 0 fully saturated rings. The van der Waals surface area contributed by atoms with Crippen molar-refractivity contribution in [2.45, 2.75) is 37.8 Å². The van der Waals surface area contributed by atoms with Gasteiger partial charge in [-0.2, -0.15) is 0 Å². The fraction of sp³-hybridized carbons (Fsp3) is 0.227. The van der Waals surface area contributed by atoms with Gasteiger partial charge in [-0.25, -0.2) is 0 Å². The van der Waals surface area contributed by atoms with Gasteiger partial charge in [-0.05, 0) is 61.7 Å². The molecule has 0 unspecified atom stereocenters. The van der Waals surface area contributed by atoms with E-state index in [9.17, 15) is 4.79 Å². The zero-order chi connectivity index (χ0) is 18.0. The highest BCUT2D eigenvalue weighted by atomic mass is 32.2. The molecule has 0 radical (unpaired) electrons. The second kappa shape index (κ2) is 7.32. The highest BCUT2D eigenvalue weighted by Gasteiger charge is 2.16. The summed E-state index contributed by atoms with van der Waals surface area (Å²) in [4.78, 5) is 13.7. The van der Waals surface area contributed by atoms with Crippen molar-refractivity contribution in [3.63, 3.8) is 0 Å². The molecule has 0 aliphatic carbocycles. The van der Waals surface area contributed by atoms with Crippen LogP contribution in [0, 0.1) is 20.8 Å². The minimum absolute atomic E-state index is 0.0354. The van der Waals surface area contributed by atoms with E-state index >= 15 is 0 Å². The molecule has 0 aromatic heterocycles. The van der Waals surface area contributed by atoms with Gasteiger partial charge < -0.3 is 5.32 Å². The van der Waals surface area contributed by atoms with E-state index < -0.39 is 0 Å². The second-order valence-electron chi connectivity index (χ2n) is 6.53. The quantitative estimate of drug-likeness (QED) is 0.596. The molecule has 25 heavy (non-hydrogen) atoms. The van der Waals surface area contributed by atoms with Gasteiger partial charge in [0.05, 0.1) is 5.25 Å². The van der Waals surface area contributed by atoms with Gasteiger partial charge in [0.15, 0.2) is 0 Å². The number of rotatable bonds is 4. The summed E-state index contributed by atoms with van der Waals surface area (Å²) in [7, 11) is 0. The number of amides is 1. The fourth-order valence-corrected chi connectivity index (χ4v) is 4.02. The number of benzene rings is 3. The Morgan fingerprint density at radius 3 is 2.24 bits per heavy atom. The van der Waals surface area contributed by atoms with E-state index in [-0.39, 0.29) is 11.2 Å². The Balaban J connectivity index is 1.74. The SMILES string of the molecule is Cc1cc(C)c(NC(=O)[C@H](C)Sc2ccc3ccccc3c2)c(C)c1. The molecular formula is C22H23NOS. The first-order chi connectivity index (χ1) is 11.9. The predicted octanol–water partition coefficient (Wildman–Crippen LogP) is 5.88. The van der Waals surface area contributed by atoms with Gasteiger partial charge in [0.2, 0.25) is 5.91 Å². The third kappa shape index (κ3) is 4.05. The summed E-state index contributed by atoms with van der Waals surface area (Å²) in [5, 5.41) is 5.35. The zero-order valence-corrected chi connectivity index (χ0v) is 15.9. The Bertz CT molecular complexity index is 909. The summed E-state index contributed by atoms with van der Waals surface area (Å²) in [6.45, 7) is 8.10. The van der Waals surface area contributed by atoms with Crippen LogP contribution in [-0.4, -0.2) is 11.2 Å². The Morgan fingerprint density at radius 1 is 0.920 bits per heavy atom. The van der Waals surface area contributed by atoms with Gasteiger partial charge in [-0.15, -0.1) is 11.8 Å².